The van der Waals surface area contributed by atoms with E-state index in [2.05, 4.69) is 93.6 Å². The van der Waals surface area contributed by atoms with Gasteiger partial charge in [-0.25, -0.2) is 0 Å². The van der Waals surface area contributed by atoms with Crippen molar-refractivity contribution in [2.75, 3.05) is 0 Å². The standard InChI is InChI=1S/C45H70Si/c1-4-7-10-13-16-19-22-25-40-28-34-43(35-29-40)46(44-36-30-41(31-37-44)26-23-20-17-14-11-8-5-2)45-38-32-42(33-39-45)27-24-21-18-15-12-9-6-3/h28-39,46H,4-27H2,1-3H3. The van der Waals surface area contributed by atoms with E-state index < -0.39 is 8.80 Å². The van der Waals surface area contributed by atoms with Crippen molar-refractivity contribution >= 4 is 24.4 Å². The van der Waals surface area contributed by atoms with Crippen LogP contribution in [0.5, 0.6) is 0 Å². The van der Waals surface area contributed by atoms with Crippen molar-refractivity contribution in [2.45, 2.75) is 175 Å². The quantitative estimate of drug-likeness (QED) is 0.0443. The molecule has 0 N–H and O–H groups in total. The van der Waals surface area contributed by atoms with Gasteiger partial charge in [0.1, 0.15) is 8.80 Å². The van der Waals surface area contributed by atoms with Crippen molar-refractivity contribution in [3.63, 3.8) is 0 Å². The number of unbranched alkanes of at least 4 members (excludes halogenated alkanes) is 18. The van der Waals surface area contributed by atoms with Gasteiger partial charge < -0.3 is 0 Å². The summed E-state index contributed by atoms with van der Waals surface area (Å²) in [5, 5.41) is 4.67. The monoisotopic (exact) mass is 639 g/mol. The first kappa shape index (κ1) is 38.3. The van der Waals surface area contributed by atoms with E-state index in [0.29, 0.717) is 0 Å². The van der Waals surface area contributed by atoms with Crippen molar-refractivity contribution in [1.82, 2.24) is 0 Å². The largest absolute Gasteiger partial charge is 0.132 e. The second-order valence-corrected chi connectivity index (χ2v) is 17.1. The van der Waals surface area contributed by atoms with E-state index in [0.717, 1.165) is 0 Å². The molecule has 0 nitrogen and oxygen atoms in total. The zero-order chi connectivity index (χ0) is 32.5. The summed E-state index contributed by atoms with van der Waals surface area (Å²) in [5.74, 6) is 0. The molecule has 0 saturated carbocycles. The molecule has 3 aromatic carbocycles. The average molecular weight is 639 g/mol. The molecule has 0 amide bonds. The van der Waals surface area contributed by atoms with Crippen molar-refractivity contribution < 1.29 is 0 Å². The van der Waals surface area contributed by atoms with Gasteiger partial charge in [-0.15, -0.1) is 0 Å². The van der Waals surface area contributed by atoms with Crippen LogP contribution in [0.15, 0.2) is 72.8 Å². The van der Waals surface area contributed by atoms with Crippen LogP contribution in [0.25, 0.3) is 0 Å². The predicted octanol–water partition coefficient (Wildman–Crippen LogP) is 11.8. The Balaban J connectivity index is 1.62. The Morgan fingerprint density at radius 3 is 0.739 bits per heavy atom. The highest BCUT2D eigenvalue weighted by atomic mass is 28.3. The maximum atomic E-state index is 2.48. The molecule has 0 aliphatic heterocycles. The van der Waals surface area contributed by atoms with Gasteiger partial charge in [-0.05, 0) is 55.2 Å². The smallest absolute Gasteiger partial charge is 0.0654 e. The minimum atomic E-state index is -1.52. The van der Waals surface area contributed by atoms with Crippen LogP contribution in [0, 0.1) is 0 Å². The molecule has 0 bridgehead atoms. The Kier molecular flexibility index (Phi) is 20.8. The minimum absolute atomic E-state index is 1.22. The Morgan fingerprint density at radius 2 is 0.500 bits per heavy atom. The first-order valence-electron chi connectivity index (χ1n) is 20.0. The predicted molar refractivity (Wildman–Crippen MR) is 210 cm³/mol. The van der Waals surface area contributed by atoms with Gasteiger partial charge in [0.15, 0.2) is 0 Å². The van der Waals surface area contributed by atoms with Crippen LogP contribution in [0.1, 0.15) is 172 Å². The molecule has 0 radical (unpaired) electrons. The van der Waals surface area contributed by atoms with Gasteiger partial charge in [0.2, 0.25) is 0 Å². The number of hydrogen-bond donors (Lipinski definition) is 0. The zero-order valence-corrected chi connectivity index (χ0v) is 31.6. The molecule has 0 aliphatic carbocycles. The lowest BCUT2D eigenvalue weighted by Crippen LogP contribution is -2.52. The van der Waals surface area contributed by atoms with Crippen LogP contribution in [-0.4, -0.2) is 8.80 Å². The molecule has 3 rings (SSSR count). The van der Waals surface area contributed by atoms with Gasteiger partial charge in [-0.2, -0.15) is 0 Å². The molecule has 1 heteroatoms. The van der Waals surface area contributed by atoms with Gasteiger partial charge in [0.05, 0.1) is 0 Å². The number of hydrogen-bond acceptors (Lipinski definition) is 0. The molecule has 46 heavy (non-hydrogen) atoms. The molecule has 254 valence electrons. The summed E-state index contributed by atoms with van der Waals surface area (Å²) in [6, 6.07) is 29.5. The molecular formula is C45H70Si. The van der Waals surface area contributed by atoms with Crippen molar-refractivity contribution in [3.8, 4) is 0 Å². The number of benzene rings is 3. The topological polar surface area (TPSA) is 0 Å². The maximum absolute atomic E-state index is 2.48. The van der Waals surface area contributed by atoms with Crippen LogP contribution in [0.2, 0.25) is 0 Å². The summed E-state index contributed by atoms with van der Waals surface area (Å²) in [7, 11) is -1.52. The molecule has 0 unspecified atom stereocenters. The van der Waals surface area contributed by atoms with Gasteiger partial charge in [0, 0.05) is 0 Å². The summed E-state index contributed by atoms with van der Waals surface area (Å²) < 4.78 is 0. The zero-order valence-electron chi connectivity index (χ0n) is 30.5. The summed E-state index contributed by atoms with van der Waals surface area (Å²) in [5.41, 5.74) is 4.54. The summed E-state index contributed by atoms with van der Waals surface area (Å²) in [4.78, 5) is 0. The minimum Gasteiger partial charge on any atom is -0.0654 e. The fourth-order valence-electron chi connectivity index (χ4n) is 7.07. The first-order valence-corrected chi connectivity index (χ1v) is 21.7. The van der Waals surface area contributed by atoms with Gasteiger partial charge in [-0.1, -0.05) is 225 Å². The summed E-state index contributed by atoms with van der Waals surface area (Å²) in [6.07, 6.45) is 32.7. The van der Waals surface area contributed by atoms with Crippen molar-refractivity contribution in [3.05, 3.63) is 89.5 Å². The first-order chi connectivity index (χ1) is 22.7. The molecule has 0 fully saturated rings. The second kappa shape index (κ2) is 25.0. The van der Waals surface area contributed by atoms with E-state index in [4.69, 9.17) is 0 Å². The second-order valence-electron chi connectivity index (χ2n) is 14.3. The summed E-state index contributed by atoms with van der Waals surface area (Å²) in [6.45, 7) is 6.91. The molecule has 0 aromatic heterocycles. The van der Waals surface area contributed by atoms with Gasteiger partial charge in [-0.3, -0.25) is 0 Å². The molecule has 0 atom stereocenters. The molecular weight excluding hydrogens is 569 g/mol. The molecule has 0 heterocycles. The van der Waals surface area contributed by atoms with Gasteiger partial charge in [0.25, 0.3) is 0 Å². The highest BCUT2D eigenvalue weighted by Crippen LogP contribution is 2.14. The van der Waals surface area contributed by atoms with E-state index in [9.17, 15) is 0 Å². The third kappa shape index (κ3) is 15.6. The van der Waals surface area contributed by atoms with E-state index in [1.54, 1.807) is 15.6 Å². The van der Waals surface area contributed by atoms with Crippen molar-refractivity contribution in [2.24, 2.45) is 0 Å². The summed E-state index contributed by atoms with van der Waals surface area (Å²) >= 11 is 0. The molecule has 0 saturated heterocycles. The van der Waals surface area contributed by atoms with Crippen LogP contribution in [0.4, 0.5) is 0 Å². The lowest BCUT2D eigenvalue weighted by atomic mass is 10.0. The average Bonchev–Trinajstić information content (AvgIpc) is 3.09. The van der Waals surface area contributed by atoms with E-state index >= 15 is 0 Å². The van der Waals surface area contributed by atoms with E-state index in [-0.39, 0.29) is 0 Å². The Bertz CT molecular complexity index is 965. The normalized spacial score (nSPS) is 11.5. The molecule has 3 aromatic rings. The molecule has 0 spiro atoms. The Morgan fingerprint density at radius 1 is 0.283 bits per heavy atom. The SMILES string of the molecule is CCCCCCCCCc1ccc([SiH](c2ccc(CCCCCCCCC)cc2)c2ccc(CCCCCCCCC)cc2)cc1. The number of aryl methyl sites for hydroxylation is 3. The highest BCUT2D eigenvalue weighted by molar-refractivity contribution is 6.95. The van der Waals surface area contributed by atoms with Crippen LogP contribution >= 0.6 is 0 Å². The van der Waals surface area contributed by atoms with Crippen LogP contribution in [0.3, 0.4) is 0 Å². The maximum Gasteiger partial charge on any atom is 0.132 e. The van der Waals surface area contributed by atoms with Gasteiger partial charge >= 0.3 is 0 Å². The van der Waals surface area contributed by atoms with E-state index in [1.165, 1.54) is 171 Å². The van der Waals surface area contributed by atoms with Crippen LogP contribution < -0.4 is 15.6 Å². The Hall–Kier alpha value is -2.12. The Labute approximate surface area is 287 Å². The highest BCUT2D eigenvalue weighted by Gasteiger charge is 2.19. The third-order valence-electron chi connectivity index (χ3n) is 10.1. The van der Waals surface area contributed by atoms with E-state index in [1.807, 2.05) is 0 Å². The number of rotatable bonds is 27. The fourth-order valence-corrected chi connectivity index (χ4v) is 9.95. The third-order valence-corrected chi connectivity index (χ3v) is 13.3. The lowest BCUT2D eigenvalue weighted by molar-refractivity contribution is 0.589. The lowest BCUT2D eigenvalue weighted by Gasteiger charge is -2.19. The molecule has 0 aliphatic rings. The fraction of sp³-hybridized carbons (Fsp3) is 0.600. The van der Waals surface area contributed by atoms with Crippen molar-refractivity contribution in [1.29, 1.82) is 0 Å². The van der Waals surface area contributed by atoms with Crippen LogP contribution in [-0.2, 0) is 19.3 Å².